The van der Waals surface area contributed by atoms with Gasteiger partial charge >= 0.3 is 0 Å². The van der Waals surface area contributed by atoms with Crippen LogP contribution >= 0.6 is 24.0 Å². The predicted octanol–water partition coefficient (Wildman–Crippen LogP) is 1.85. The highest BCUT2D eigenvalue weighted by Crippen LogP contribution is 2.26. The molecule has 0 aromatic heterocycles. The lowest BCUT2D eigenvalue weighted by atomic mass is 10.0. The maximum atomic E-state index is 12.0. The summed E-state index contributed by atoms with van der Waals surface area (Å²) in [7, 11) is 0. The summed E-state index contributed by atoms with van der Waals surface area (Å²) in [6.45, 7) is 4.68. The van der Waals surface area contributed by atoms with Crippen LogP contribution in [-0.4, -0.2) is 43.5 Å². The van der Waals surface area contributed by atoms with Gasteiger partial charge in [-0.3, -0.25) is 9.69 Å². The lowest BCUT2D eigenvalue weighted by molar-refractivity contribution is -0.117. The van der Waals surface area contributed by atoms with Crippen LogP contribution in [0.25, 0.3) is 0 Å². The van der Waals surface area contributed by atoms with Crippen molar-refractivity contribution < 1.29 is 4.79 Å². The van der Waals surface area contributed by atoms with Gasteiger partial charge in [0.15, 0.2) is 0 Å². The Hall–Kier alpha value is -0.810. The first-order valence-electron chi connectivity index (χ1n) is 6.70. The van der Waals surface area contributed by atoms with Gasteiger partial charge in [0, 0.05) is 13.1 Å². The molecular formula is C14H19Cl2N3O. The van der Waals surface area contributed by atoms with Crippen LogP contribution in [-0.2, 0) is 4.79 Å². The zero-order valence-electron chi connectivity index (χ0n) is 11.1. The van der Waals surface area contributed by atoms with Crippen molar-refractivity contribution in [2.24, 2.45) is 11.8 Å². The van der Waals surface area contributed by atoms with E-state index in [1.807, 2.05) is 18.2 Å². The molecule has 6 heteroatoms. The van der Waals surface area contributed by atoms with Crippen molar-refractivity contribution in [1.29, 1.82) is 0 Å². The molecule has 0 saturated carbocycles. The summed E-state index contributed by atoms with van der Waals surface area (Å²) in [4.78, 5) is 14.3. The van der Waals surface area contributed by atoms with Crippen molar-refractivity contribution in [1.82, 2.24) is 10.2 Å². The largest absolute Gasteiger partial charge is 0.324 e. The molecule has 110 valence electrons. The van der Waals surface area contributed by atoms with Crippen molar-refractivity contribution >= 4 is 35.6 Å². The fraction of sp³-hybridized carbons (Fsp3) is 0.500. The van der Waals surface area contributed by atoms with Gasteiger partial charge < -0.3 is 10.6 Å². The number of benzene rings is 1. The minimum atomic E-state index is 0. The first-order valence-corrected chi connectivity index (χ1v) is 7.07. The number of carbonyl (C=O) groups is 1. The molecule has 0 radical (unpaired) electrons. The van der Waals surface area contributed by atoms with Crippen LogP contribution < -0.4 is 10.6 Å². The fourth-order valence-corrected chi connectivity index (χ4v) is 3.22. The average molecular weight is 316 g/mol. The smallest absolute Gasteiger partial charge is 0.238 e. The van der Waals surface area contributed by atoms with Crippen LogP contribution in [0.1, 0.15) is 0 Å². The Balaban J connectivity index is 0.00000147. The molecule has 2 aliphatic rings. The summed E-state index contributed by atoms with van der Waals surface area (Å²) < 4.78 is 0. The summed E-state index contributed by atoms with van der Waals surface area (Å²) in [5, 5.41) is 6.86. The highest BCUT2D eigenvalue weighted by molar-refractivity contribution is 6.33. The maximum absolute atomic E-state index is 12.0. The van der Waals surface area contributed by atoms with Gasteiger partial charge in [-0.05, 0) is 37.1 Å². The van der Waals surface area contributed by atoms with Gasteiger partial charge in [-0.2, -0.15) is 0 Å². The molecule has 3 rings (SSSR count). The van der Waals surface area contributed by atoms with Crippen LogP contribution in [0.4, 0.5) is 5.69 Å². The standard InChI is InChI=1S/C14H18ClN3O.ClH/c15-12-3-1-2-4-13(12)17-14(19)9-18-7-10-5-16-6-11(10)8-18;/h1-4,10-11,16H,5-9H2,(H,17,19);1H/t10-,11+;. The second kappa shape index (κ2) is 6.76. The van der Waals surface area contributed by atoms with Crippen LogP contribution in [0.2, 0.25) is 5.02 Å². The van der Waals surface area contributed by atoms with Crippen LogP contribution in [0.15, 0.2) is 24.3 Å². The number of halogens is 2. The minimum Gasteiger partial charge on any atom is -0.324 e. The monoisotopic (exact) mass is 315 g/mol. The minimum absolute atomic E-state index is 0. The van der Waals surface area contributed by atoms with Crippen LogP contribution in [0, 0.1) is 11.8 Å². The number of hydrogen-bond acceptors (Lipinski definition) is 3. The summed E-state index contributed by atoms with van der Waals surface area (Å²) in [6, 6.07) is 7.33. The summed E-state index contributed by atoms with van der Waals surface area (Å²) in [6.07, 6.45) is 0. The van der Waals surface area contributed by atoms with E-state index in [0.717, 1.165) is 26.2 Å². The number of nitrogens with zero attached hydrogens (tertiary/aromatic N) is 1. The van der Waals surface area contributed by atoms with E-state index in [1.165, 1.54) is 0 Å². The number of amides is 1. The van der Waals surface area contributed by atoms with Crippen molar-refractivity contribution in [3.8, 4) is 0 Å². The molecule has 2 N–H and O–H groups in total. The Bertz CT molecular complexity index is 471. The van der Waals surface area contributed by atoms with Gasteiger partial charge in [0.1, 0.15) is 0 Å². The van der Waals surface area contributed by atoms with Crippen molar-refractivity contribution in [3.63, 3.8) is 0 Å². The third-order valence-corrected chi connectivity index (χ3v) is 4.31. The van der Waals surface area contributed by atoms with E-state index < -0.39 is 0 Å². The van der Waals surface area contributed by atoms with E-state index in [-0.39, 0.29) is 18.3 Å². The lowest BCUT2D eigenvalue weighted by Gasteiger charge is -2.16. The molecule has 0 spiro atoms. The molecular weight excluding hydrogens is 297 g/mol. The number of para-hydroxylation sites is 1. The predicted molar refractivity (Wildman–Crippen MR) is 83.6 cm³/mol. The van der Waals surface area contributed by atoms with Crippen LogP contribution in [0.5, 0.6) is 0 Å². The van der Waals surface area contributed by atoms with Gasteiger partial charge in [0.05, 0.1) is 17.3 Å². The zero-order valence-corrected chi connectivity index (χ0v) is 12.7. The molecule has 2 heterocycles. The average Bonchev–Trinajstić information content (AvgIpc) is 2.92. The molecule has 1 aromatic rings. The van der Waals surface area contributed by atoms with Gasteiger partial charge in [0.25, 0.3) is 0 Å². The molecule has 2 saturated heterocycles. The van der Waals surface area contributed by atoms with E-state index in [4.69, 9.17) is 11.6 Å². The number of anilines is 1. The molecule has 1 amide bonds. The zero-order chi connectivity index (χ0) is 13.2. The Kier molecular flexibility index (Phi) is 5.27. The van der Waals surface area contributed by atoms with E-state index in [1.54, 1.807) is 6.07 Å². The number of nitrogens with one attached hydrogen (secondary N) is 2. The molecule has 0 unspecified atom stereocenters. The third kappa shape index (κ3) is 3.44. The first-order chi connectivity index (χ1) is 9.22. The fourth-order valence-electron chi connectivity index (χ4n) is 3.04. The Morgan fingerprint density at radius 3 is 2.60 bits per heavy atom. The Morgan fingerprint density at radius 1 is 1.30 bits per heavy atom. The SMILES string of the molecule is Cl.O=C(CN1C[C@H]2CNC[C@H]2C1)Nc1ccccc1Cl. The van der Waals surface area contributed by atoms with Crippen molar-refractivity contribution in [2.75, 3.05) is 38.0 Å². The van der Waals surface area contributed by atoms with Gasteiger partial charge in [-0.1, -0.05) is 23.7 Å². The third-order valence-electron chi connectivity index (χ3n) is 3.98. The molecule has 2 aliphatic heterocycles. The number of likely N-dealkylation sites (tertiary alicyclic amines) is 1. The van der Waals surface area contributed by atoms with Gasteiger partial charge in [-0.25, -0.2) is 0 Å². The molecule has 20 heavy (non-hydrogen) atoms. The second-order valence-electron chi connectivity index (χ2n) is 5.40. The number of hydrogen-bond donors (Lipinski definition) is 2. The summed E-state index contributed by atoms with van der Waals surface area (Å²) in [5.41, 5.74) is 0.690. The number of carbonyl (C=O) groups excluding carboxylic acids is 1. The van der Waals surface area contributed by atoms with Gasteiger partial charge in [-0.15, -0.1) is 12.4 Å². The Morgan fingerprint density at radius 2 is 1.95 bits per heavy atom. The highest BCUT2D eigenvalue weighted by atomic mass is 35.5. The van der Waals surface area contributed by atoms with E-state index in [0.29, 0.717) is 29.1 Å². The highest BCUT2D eigenvalue weighted by Gasteiger charge is 2.36. The number of rotatable bonds is 3. The normalized spacial score (nSPS) is 25.1. The summed E-state index contributed by atoms with van der Waals surface area (Å²) in [5.74, 6) is 1.45. The maximum Gasteiger partial charge on any atom is 0.238 e. The molecule has 2 fully saturated rings. The van der Waals surface area contributed by atoms with E-state index >= 15 is 0 Å². The molecule has 1 aromatic carbocycles. The molecule has 0 aliphatic carbocycles. The lowest BCUT2D eigenvalue weighted by Crippen LogP contribution is -2.33. The van der Waals surface area contributed by atoms with Gasteiger partial charge in [0.2, 0.25) is 5.91 Å². The quantitative estimate of drug-likeness (QED) is 0.894. The molecule has 4 nitrogen and oxygen atoms in total. The van der Waals surface area contributed by atoms with E-state index in [9.17, 15) is 4.79 Å². The molecule has 0 bridgehead atoms. The van der Waals surface area contributed by atoms with E-state index in [2.05, 4.69) is 15.5 Å². The molecule has 2 atom stereocenters. The number of fused-ring (bicyclic) bond motifs is 1. The first kappa shape index (κ1) is 15.6. The topological polar surface area (TPSA) is 44.4 Å². The van der Waals surface area contributed by atoms with Crippen molar-refractivity contribution in [3.05, 3.63) is 29.3 Å². The van der Waals surface area contributed by atoms with Crippen LogP contribution in [0.3, 0.4) is 0 Å². The Labute approximate surface area is 130 Å². The summed E-state index contributed by atoms with van der Waals surface area (Å²) >= 11 is 6.03. The van der Waals surface area contributed by atoms with Crippen molar-refractivity contribution in [2.45, 2.75) is 0 Å². The second-order valence-corrected chi connectivity index (χ2v) is 5.81.